The van der Waals surface area contributed by atoms with Crippen LogP contribution in [-0.2, 0) is 0 Å². The number of aromatic nitrogens is 2. The van der Waals surface area contributed by atoms with E-state index in [1.54, 1.807) is 12.4 Å². The number of hydrogen-bond donors (Lipinski definition) is 3. The zero-order valence-electron chi connectivity index (χ0n) is 7.33. The summed E-state index contributed by atoms with van der Waals surface area (Å²) in [6, 6.07) is 0.572. The summed E-state index contributed by atoms with van der Waals surface area (Å²) in [6.45, 7) is 0. The van der Waals surface area contributed by atoms with Gasteiger partial charge >= 0.3 is 0 Å². The molecule has 13 heavy (non-hydrogen) atoms. The number of anilines is 2. The lowest BCUT2D eigenvalue weighted by Crippen LogP contribution is -2.27. The molecular weight excluding hydrogens is 166 g/mol. The molecule has 0 spiro atoms. The second-order valence-electron chi connectivity index (χ2n) is 3.21. The van der Waals surface area contributed by atoms with Crippen LogP contribution in [0.5, 0.6) is 0 Å². The van der Waals surface area contributed by atoms with Crippen molar-refractivity contribution in [1.82, 2.24) is 9.97 Å². The molecule has 0 atom stereocenters. The van der Waals surface area contributed by atoms with E-state index in [-0.39, 0.29) is 0 Å². The molecule has 2 rings (SSSR count). The Balaban J connectivity index is 2.01. The van der Waals surface area contributed by atoms with Crippen molar-refractivity contribution in [3.63, 3.8) is 0 Å². The van der Waals surface area contributed by atoms with Crippen LogP contribution in [0.25, 0.3) is 0 Å². The number of nitrogens with two attached hydrogens (primary N) is 1. The number of nitrogen functional groups attached to an aromatic ring is 1. The molecule has 0 unspecified atom stereocenters. The molecule has 70 valence electrons. The topological polar surface area (TPSA) is 75.9 Å². The summed E-state index contributed by atoms with van der Waals surface area (Å²) in [5.41, 5.74) is 2.46. The smallest absolute Gasteiger partial charge is 0.160 e. The van der Waals surface area contributed by atoms with Crippen molar-refractivity contribution in [1.29, 1.82) is 0 Å². The zero-order valence-corrected chi connectivity index (χ0v) is 7.33. The summed E-state index contributed by atoms with van der Waals surface area (Å²) in [5, 5.41) is 3.28. The molecule has 1 fully saturated rings. The number of hydrogen-bond acceptors (Lipinski definition) is 5. The molecule has 5 nitrogen and oxygen atoms in total. The van der Waals surface area contributed by atoms with Crippen LogP contribution in [0.3, 0.4) is 0 Å². The van der Waals surface area contributed by atoms with E-state index < -0.39 is 0 Å². The Morgan fingerprint density at radius 3 is 2.69 bits per heavy atom. The average Bonchev–Trinajstić information content (AvgIpc) is 2.12. The molecular formula is C8H13N5. The molecule has 0 bridgehead atoms. The standard InChI is InChI=1S/C8H13N5/c9-13-8-5-10-4-7(12-8)11-6-2-1-3-6/h4-6H,1-3,9H2,(H2,11,12,13). The first-order valence-electron chi connectivity index (χ1n) is 4.43. The molecule has 1 aromatic heterocycles. The molecule has 5 heteroatoms. The van der Waals surface area contributed by atoms with E-state index in [4.69, 9.17) is 5.84 Å². The van der Waals surface area contributed by atoms with Gasteiger partial charge in [0.05, 0.1) is 12.4 Å². The van der Waals surface area contributed by atoms with Gasteiger partial charge in [-0.3, -0.25) is 4.98 Å². The minimum Gasteiger partial charge on any atom is -0.366 e. The van der Waals surface area contributed by atoms with E-state index in [1.165, 1.54) is 19.3 Å². The highest BCUT2D eigenvalue weighted by molar-refractivity contribution is 5.41. The van der Waals surface area contributed by atoms with Crippen molar-refractivity contribution >= 4 is 11.6 Å². The third-order valence-corrected chi connectivity index (χ3v) is 2.24. The third-order valence-electron chi connectivity index (χ3n) is 2.24. The molecule has 1 heterocycles. The van der Waals surface area contributed by atoms with Gasteiger partial charge in [0.1, 0.15) is 5.82 Å². The zero-order chi connectivity index (χ0) is 9.10. The molecule has 1 aliphatic carbocycles. The first-order valence-corrected chi connectivity index (χ1v) is 4.43. The maximum atomic E-state index is 5.22. The molecule has 0 aromatic carbocycles. The largest absolute Gasteiger partial charge is 0.366 e. The van der Waals surface area contributed by atoms with Crippen LogP contribution < -0.4 is 16.6 Å². The molecule has 0 aliphatic heterocycles. The highest BCUT2D eigenvalue weighted by Crippen LogP contribution is 2.22. The maximum absolute atomic E-state index is 5.22. The van der Waals surface area contributed by atoms with Gasteiger partial charge in [-0.15, -0.1) is 0 Å². The summed E-state index contributed by atoms with van der Waals surface area (Å²) in [4.78, 5) is 8.20. The molecule has 1 saturated carbocycles. The van der Waals surface area contributed by atoms with Crippen molar-refractivity contribution in [3.05, 3.63) is 12.4 Å². The lowest BCUT2D eigenvalue weighted by atomic mass is 9.93. The van der Waals surface area contributed by atoms with E-state index in [0.717, 1.165) is 5.82 Å². The van der Waals surface area contributed by atoms with Crippen molar-refractivity contribution in [2.75, 3.05) is 10.7 Å². The van der Waals surface area contributed by atoms with Crippen molar-refractivity contribution in [2.24, 2.45) is 5.84 Å². The Labute approximate surface area is 76.7 Å². The fourth-order valence-electron chi connectivity index (χ4n) is 1.27. The van der Waals surface area contributed by atoms with Gasteiger partial charge in [-0.1, -0.05) is 0 Å². The van der Waals surface area contributed by atoms with Crippen molar-refractivity contribution < 1.29 is 0 Å². The van der Waals surface area contributed by atoms with Crippen LogP contribution in [-0.4, -0.2) is 16.0 Å². The van der Waals surface area contributed by atoms with E-state index >= 15 is 0 Å². The summed E-state index contributed by atoms with van der Waals surface area (Å²) < 4.78 is 0. The number of nitrogens with zero attached hydrogens (tertiary/aromatic N) is 2. The summed E-state index contributed by atoms with van der Waals surface area (Å²) in [5.74, 6) is 6.59. The molecule has 1 aliphatic rings. The quantitative estimate of drug-likeness (QED) is 0.471. The fraction of sp³-hybridized carbons (Fsp3) is 0.500. The van der Waals surface area contributed by atoms with Gasteiger partial charge in [0, 0.05) is 6.04 Å². The highest BCUT2D eigenvalue weighted by Gasteiger charge is 2.17. The number of nitrogens with one attached hydrogen (secondary N) is 2. The summed E-state index contributed by atoms with van der Waals surface area (Å²) in [7, 11) is 0. The van der Waals surface area contributed by atoms with Gasteiger partial charge in [0.15, 0.2) is 5.82 Å². The lowest BCUT2D eigenvalue weighted by molar-refractivity contribution is 0.444. The third kappa shape index (κ3) is 1.86. The minimum absolute atomic E-state index is 0.572. The normalized spacial score (nSPS) is 16.4. The van der Waals surface area contributed by atoms with E-state index in [2.05, 4.69) is 20.7 Å². The summed E-state index contributed by atoms with van der Waals surface area (Å²) in [6.07, 6.45) is 7.05. The van der Waals surface area contributed by atoms with Gasteiger partial charge in [0.25, 0.3) is 0 Å². The van der Waals surface area contributed by atoms with Crippen LogP contribution in [0.4, 0.5) is 11.6 Å². The predicted molar refractivity (Wildman–Crippen MR) is 51.1 cm³/mol. The Kier molecular flexibility index (Phi) is 2.27. The Hall–Kier alpha value is -1.36. The Morgan fingerprint density at radius 1 is 1.31 bits per heavy atom. The minimum atomic E-state index is 0.572. The molecule has 1 aromatic rings. The van der Waals surface area contributed by atoms with Gasteiger partial charge in [-0.2, -0.15) is 0 Å². The van der Waals surface area contributed by atoms with E-state index in [0.29, 0.717) is 11.9 Å². The molecule has 0 amide bonds. The van der Waals surface area contributed by atoms with Crippen LogP contribution in [0.1, 0.15) is 19.3 Å². The van der Waals surface area contributed by atoms with Crippen LogP contribution in [0, 0.1) is 0 Å². The Morgan fingerprint density at radius 2 is 2.08 bits per heavy atom. The van der Waals surface area contributed by atoms with Crippen LogP contribution in [0.2, 0.25) is 0 Å². The molecule has 4 N–H and O–H groups in total. The van der Waals surface area contributed by atoms with Crippen molar-refractivity contribution in [3.8, 4) is 0 Å². The first-order chi connectivity index (χ1) is 6.38. The van der Waals surface area contributed by atoms with E-state index in [9.17, 15) is 0 Å². The monoisotopic (exact) mass is 179 g/mol. The van der Waals surface area contributed by atoms with Gasteiger partial charge in [-0.05, 0) is 19.3 Å². The van der Waals surface area contributed by atoms with Gasteiger partial charge in [-0.25, -0.2) is 10.8 Å². The molecule has 0 radical (unpaired) electrons. The Bertz CT molecular complexity index is 284. The number of rotatable bonds is 3. The molecule has 0 saturated heterocycles. The number of hydrazine groups is 1. The lowest BCUT2D eigenvalue weighted by Gasteiger charge is -2.26. The van der Waals surface area contributed by atoms with Crippen LogP contribution in [0.15, 0.2) is 12.4 Å². The second-order valence-corrected chi connectivity index (χ2v) is 3.21. The SMILES string of the molecule is NNc1cncc(NC2CCC2)n1. The summed E-state index contributed by atoms with van der Waals surface area (Å²) >= 11 is 0. The van der Waals surface area contributed by atoms with E-state index in [1.807, 2.05) is 0 Å². The maximum Gasteiger partial charge on any atom is 0.160 e. The van der Waals surface area contributed by atoms with Crippen molar-refractivity contribution in [2.45, 2.75) is 25.3 Å². The average molecular weight is 179 g/mol. The van der Waals surface area contributed by atoms with Gasteiger partial charge in [0.2, 0.25) is 0 Å². The fourth-order valence-corrected chi connectivity index (χ4v) is 1.27. The second kappa shape index (κ2) is 3.57. The highest BCUT2D eigenvalue weighted by atomic mass is 15.3. The predicted octanol–water partition coefficient (Wildman–Crippen LogP) is 0.727. The van der Waals surface area contributed by atoms with Gasteiger partial charge < -0.3 is 10.7 Å². The first kappa shape index (κ1) is 8.25. The van der Waals surface area contributed by atoms with Crippen LogP contribution >= 0.6 is 0 Å².